The zero-order chi connectivity index (χ0) is 20.9. The molecule has 2 atom stereocenters. The van der Waals surface area contributed by atoms with Crippen LogP contribution in [-0.4, -0.2) is 25.2 Å². The minimum Gasteiger partial charge on any atom is -0.465 e. The monoisotopic (exact) mass is 417 g/mol. The zero-order valence-corrected chi connectivity index (χ0v) is 17.5. The van der Waals surface area contributed by atoms with Crippen molar-refractivity contribution in [2.45, 2.75) is 39.5 Å². The Balaban J connectivity index is 1.90. The number of hydrogen-bond acceptors (Lipinski definition) is 6. The number of carbonyl (C=O) groups is 2. The first-order valence-corrected chi connectivity index (χ1v) is 10.1. The number of nitrogens with one attached hydrogen (secondary N) is 1. The molecule has 1 N–H and O–H groups in total. The van der Waals surface area contributed by atoms with Crippen LogP contribution in [-0.2, 0) is 14.3 Å². The number of hydrogen-bond donors (Lipinski definition) is 1. The van der Waals surface area contributed by atoms with Crippen molar-refractivity contribution in [1.82, 2.24) is 5.32 Å². The highest BCUT2D eigenvalue weighted by Gasteiger charge is 2.47. The van der Waals surface area contributed by atoms with Gasteiger partial charge in [0.2, 0.25) is 6.79 Å². The summed E-state index contributed by atoms with van der Waals surface area (Å²) in [7, 11) is 0. The number of rotatable bonds is 3. The molecular weight excluding hydrogens is 394 g/mol. The first-order valence-electron chi connectivity index (χ1n) is 9.69. The highest BCUT2D eigenvalue weighted by molar-refractivity contribution is 6.31. The zero-order valence-electron chi connectivity index (χ0n) is 16.8. The summed E-state index contributed by atoms with van der Waals surface area (Å²) in [4.78, 5) is 26.1. The molecular formula is C22H24ClNO5. The summed E-state index contributed by atoms with van der Waals surface area (Å²) >= 11 is 6.60. The number of halogens is 1. The molecule has 0 aromatic heterocycles. The SMILES string of the molecule is C=C1NC2=C(C(=O)CC(C)(C)C2)C(c2cc3c(cc2Cl)OCO3)C1C(=O)OCC. The maximum Gasteiger partial charge on any atom is 0.315 e. The number of Topliss-reactive ketones (excluding diaryl/α,β-unsaturated/α-hetero) is 1. The van der Waals surface area contributed by atoms with E-state index in [0.29, 0.717) is 46.2 Å². The lowest BCUT2D eigenvalue weighted by Crippen LogP contribution is -2.43. The Morgan fingerprint density at radius 3 is 2.69 bits per heavy atom. The van der Waals surface area contributed by atoms with Crippen molar-refractivity contribution >= 4 is 23.4 Å². The summed E-state index contributed by atoms with van der Waals surface area (Å²) in [5.74, 6) is -0.705. The summed E-state index contributed by atoms with van der Waals surface area (Å²) in [5.41, 5.74) is 2.35. The Kier molecular flexibility index (Phi) is 4.85. The Labute approximate surface area is 174 Å². The maximum absolute atomic E-state index is 13.2. The molecule has 0 saturated heterocycles. The van der Waals surface area contributed by atoms with Gasteiger partial charge in [-0.25, -0.2) is 0 Å². The molecule has 7 heteroatoms. The van der Waals surface area contributed by atoms with Crippen molar-refractivity contribution in [3.05, 3.63) is 46.3 Å². The second-order valence-corrected chi connectivity index (χ2v) is 8.82. The molecule has 4 rings (SSSR count). The van der Waals surface area contributed by atoms with Crippen LogP contribution < -0.4 is 14.8 Å². The standard InChI is InChI=1S/C22H24ClNO5/c1-5-27-21(26)18-11(2)24-14-8-22(3,4)9-15(25)20(14)19(18)12-6-16-17(7-13(12)23)29-10-28-16/h6-7,18-19,24H,2,5,8-10H2,1,3-4H3. The molecule has 0 bridgehead atoms. The Hall–Kier alpha value is -2.47. The molecule has 2 aliphatic heterocycles. The Morgan fingerprint density at radius 2 is 2.00 bits per heavy atom. The van der Waals surface area contributed by atoms with E-state index < -0.39 is 17.8 Å². The number of ether oxygens (including phenoxy) is 3. The van der Waals surface area contributed by atoms with Crippen LogP contribution in [0.1, 0.15) is 45.1 Å². The molecule has 0 amide bonds. The fourth-order valence-corrected chi connectivity index (χ4v) is 4.73. The van der Waals surface area contributed by atoms with Crippen molar-refractivity contribution in [2.75, 3.05) is 13.4 Å². The topological polar surface area (TPSA) is 73.9 Å². The molecule has 0 saturated carbocycles. The smallest absolute Gasteiger partial charge is 0.315 e. The van der Waals surface area contributed by atoms with Gasteiger partial charge in [-0.1, -0.05) is 32.0 Å². The predicted molar refractivity (Wildman–Crippen MR) is 108 cm³/mol. The number of allylic oxidation sites excluding steroid dienone is 2. The number of ketones is 1. The largest absolute Gasteiger partial charge is 0.465 e. The molecule has 29 heavy (non-hydrogen) atoms. The van der Waals surface area contributed by atoms with E-state index in [0.717, 1.165) is 5.70 Å². The molecule has 154 valence electrons. The third-order valence-corrected chi connectivity index (χ3v) is 5.95. The molecule has 1 aliphatic carbocycles. The van der Waals surface area contributed by atoms with E-state index in [1.165, 1.54) is 0 Å². The second-order valence-electron chi connectivity index (χ2n) is 8.42. The average Bonchev–Trinajstić information content (AvgIpc) is 3.05. The van der Waals surface area contributed by atoms with Gasteiger partial charge in [0.15, 0.2) is 17.3 Å². The minimum atomic E-state index is -0.767. The van der Waals surface area contributed by atoms with Crippen molar-refractivity contribution in [1.29, 1.82) is 0 Å². The summed E-state index contributed by atoms with van der Waals surface area (Å²) < 4.78 is 16.2. The van der Waals surface area contributed by atoms with Crippen molar-refractivity contribution in [3.8, 4) is 11.5 Å². The van der Waals surface area contributed by atoms with Crippen LogP contribution in [0.4, 0.5) is 0 Å². The van der Waals surface area contributed by atoms with Gasteiger partial charge < -0.3 is 19.5 Å². The van der Waals surface area contributed by atoms with E-state index in [1.807, 2.05) is 0 Å². The minimum absolute atomic E-state index is 0.00396. The number of carbonyl (C=O) groups excluding carboxylic acids is 2. The van der Waals surface area contributed by atoms with E-state index in [-0.39, 0.29) is 24.6 Å². The Bertz CT molecular complexity index is 949. The molecule has 0 spiro atoms. The average molecular weight is 418 g/mol. The molecule has 2 unspecified atom stereocenters. The van der Waals surface area contributed by atoms with Crippen molar-refractivity contribution in [2.24, 2.45) is 11.3 Å². The lowest BCUT2D eigenvalue weighted by molar-refractivity contribution is -0.147. The first-order chi connectivity index (χ1) is 13.7. The molecule has 2 heterocycles. The van der Waals surface area contributed by atoms with Gasteiger partial charge in [0.05, 0.1) is 6.61 Å². The van der Waals surface area contributed by atoms with Crippen LogP contribution in [0.25, 0.3) is 0 Å². The van der Waals surface area contributed by atoms with Gasteiger partial charge in [0.1, 0.15) is 5.92 Å². The van der Waals surface area contributed by atoms with Crippen LogP contribution in [0, 0.1) is 11.3 Å². The van der Waals surface area contributed by atoms with Crippen LogP contribution in [0.15, 0.2) is 35.7 Å². The van der Waals surface area contributed by atoms with Crippen molar-refractivity contribution < 1.29 is 23.8 Å². The van der Waals surface area contributed by atoms with Gasteiger partial charge in [0, 0.05) is 40.4 Å². The second kappa shape index (κ2) is 7.10. The molecule has 3 aliphatic rings. The van der Waals surface area contributed by atoms with Gasteiger partial charge in [0.25, 0.3) is 0 Å². The summed E-state index contributed by atoms with van der Waals surface area (Å²) in [6, 6.07) is 3.43. The van der Waals surface area contributed by atoms with Crippen LogP contribution in [0.5, 0.6) is 11.5 Å². The summed E-state index contributed by atoms with van der Waals surface area (Å²) in [5, 5.41) is 3.64. The highest BCUT2D eigenvalue weighted by Crippen LogP contribution is 2.51. The van der Waals surface area contributed by atoms with Gasteiger partial charge in [-0.2, -0.15) is 0 Å². The number of benzene rings is 1. The van der Waals surface area contributed by atoms with E-state index in [4.69, 9.17) is 25.8 Å². The van der Waals surface area contributed by atoms with Crippen LogP contribution in [0.2, 0.25) is 5.02 Å². The van der Waals surface area contributed by atoms with Gasteiger partial charge in [-0.05, 0) is 30.4 Å². The summed E-state index contributed by atoms with van der Waals surface area (Å²) in [6.07, 6.45) is 1.08. The van der Waals surface area contributed by atoms with E-state index >= 15 is 0 Å². The third-order valence-electron chi connectivity index (χ3n) is 5.62. The van der Waals surface area contributed by atoms with Gasteiger partial charge >= 0.3 is 5.97 Å². The predicted octanol–water partition coefficient (Wildman–Crippen LogP) is 4.09. The van der Waals surface area contributed by atoms with E-state index in [1.54, 1.807) is 19.1 Å². The molecule has 0 radical (unpaired) electrons. The molecule has 0 fully saturated rings. The normalized spacial score (nSPS) is 24.8. The fourth-order valence-electron chi connectivity index (χ4n) is 4.46. The molecule has 6 nitrogen and oxygen atoms in total. The summed E-state index contributed by atoms with van der Waals surface area (Å²) in [6.45, 7) is 10.3. The quantitative estimate of drug-likeness (QED) is 0.746. The number of fused-ring (bicyclic) bond motifs is 1. The van der Waals surface area contributed by atoms with Crippen LogP contribution >= 0.6 is 11.6 Å². The molecule has 1 aromatic rings. The first kappa shape index (κ1) is 19.8. The lowest BCUT2D eigenvalue weighted by atomic mass is 9.66. The highest BCUT2D eigenvalue weighted by atomic mass is 35.5. The van der Waals surface area contributed by atoms with Gasteiger partial charge in [-0.15, -0.1) is 0 Å². The number of esters is 1. The third kappa shape index (κ3) is 3.39. The maximum atomic E-state index is 13.2. The Morgan fingerprint density at radius 1 is 1.31 bits per heavy atom. The van der Waals surface area contributed by atoms with Crippen molar-refractivity contribution in [3.63, 3.8) is 0 Å². The molecule has 1 aromatic carbocycles. The fraction of sp³-hybridized carbons (Fsp3) is 0.455. The van der Waals surface area contributed by atoms with E-state index in [9.17, 15) is 9.59 Å². The van der Waals surface area contributed by atoms with Gasteiger partial charge in [-0.3, -0.25) is 9.59 Å². The van der Waals surface area contributed by atoms with E-state index in [2.05, 4.69) is 25.7 Å². The van der Waals surface area contributed by atoms with Crippen LogP contribution in [0.3, 0.4) is 0 Å². The lowest BCUT2D eigenvalue weighted by Gasteiger charge is -2.42.